The molecular formula is C22H15F7O2. The normalized spacial score (nSPS) is 12.0. The molecule has 0 heterocycles. The third kappa shape index (κ3) is 5.10. The summed E-state index contributed by atoms with van der Waals surface area (Å²) in [6.45, 7) is 0.0648. The number of benzene rings is 3. The lowest BCUT2D eigenvalue weighted by Gasteiger charge is -2.14. The van der Waals surface area contributed by atoms with Gasteiger partial charge in [0.05, 0.1) is 5.39 Å². The summed E-state index contributed by atoms with van der Waals surface area (Å²) in [4.78, 5) is 0. The Hall–Kier alpha value is -3.23. The van der Waals surface area contributed by atoms with E-state index in [4.69, 9.17) is 4.74 Å². The highest BCUT2D eigenvalue weighted by Gasteiger charge is 2.30. The van der Waals surface area contributed by atoms with Crippen molar-refractivity contribution in [2.24, 2.45) is 0 Å². The minimum absolute atomic E-state index is 0.0229. The van der Waals surface area contributed by atoms with Crippen LogP contribution >= 0.6 is 0 Å². The van der Waals surface area contributed by atoms with Gasteiger partial charge in [0.1, 0.15) is 24.0 Å². The lowest BCUT2D eigenvalue weighted by atomic mass is 9.99. The number of alkyl halides is 3. The van der Waals surface area contributed by atoms with Gasteiger partial charge in [-0.1, -0.05) is 12.2 Å². The molecule has 0 atom stereocenters. The zero-order valence-electron chi connectivity index (χ0n) is 16.0. The second kappa shape index (κ2) is 8.87. The monoisotopic (exact) mass is 444 g/mol. The molecule has 0 bridgehead atoms. The van der Waals surface area contributed by atoms with Crippen molar-refractivity contribution in [1.82, 2.24) is 0 Å². The van der Waals surface area contributed by atoms with Crippen molar-refractivity contribution < 1.29 is 40.2 Å². The summed E-state index contributed by atoms with van der Waals surface area (Å²) in [5.74, 6) is -6.15. The molecule has 3 rings (SSSR count). The summed E-state index contributed by atoms with van der Waals surface area (Å²) in [6.07, 6.45) is -1.38. The van der Waals surface area contributed by atoms with E-state index in [1.165, 1.54) is 12.1 Å². The SMILES string of the molecule is CC=CCOc1ccc(-c2cc(F)c3c(F)c(OCC(F)(F)F)c(F)cc3c2)c(F)c1. The first-order valence-corrected chi connectivity index (χ1v) is 8.95. The predicted molar refractivity (Wildman–Crippen MR) is 101 cm³/mol. The average molecular weight is 444 g/mol. The van der Waals surface area contributed by atoms with Gasteiger partial charge in [-0.05, 0) is 48.2 Å². The second-order valence-corrected chi connectivity index (χ2v) is 6.48. The number of hydrogen-bond acceptors (Lipinski definition) is 2. The summed E-state index contributed by atoms with van der Waals surface area (Å²) in [5.41, 5.74) is -0.0809. The van der Waals surface area contributed by atoms with E-state index in [0.29, 0.717) is 6.07 Å². The second-order valence-electron chi connectivity index (χ2n) is 6.48. The van der Waals surface area contributed by atoms with Crippen molar-refractivity contribution in [3.05, 3.63) is 71.8 Å². The molecule has 0 radical (unpaired) electrons. The number of halogens is 7. The van der Waals surface area contributed by atoms with Crippen molar-refractivity contribution in [1.29, 1.82) is 0 Å². The van der Waals surface area contributed by atoms with Crippen LogP contribution in [-0.2, 0) is 0 Å². The molecule has 3 aromatic carbocycles. The standard InChI is InChI=1S/C22H15F7O2/c1-2-3-6-30-14-4-5-15(16(23)10-14)12-7-13-9-18(25)21(31-11-22(27,28)29)20(26)19(13)17(24)8-12/h2-5,7-10H,6,11H2,1H3. The topological polar surface area (TPSA) is 18.5 Å². The van der Waals surface area contributed by atoms with Gasteiger partial charge in [0, 0.05) is 11.6 Å². The maximum atomic E-state index is 14.6. The Kier molecular flexibility index (Phi) is 6.42. The van der Waals surface area contributed by atoms with E-state index >= 15 is 0 Å². The van der Waals surface area contributed by atoms with E-state index in [0.717, 1.165) is 18.2 Å². The number of ether oxygens (including phenoxy) is 2. The first kappa shape index (κ1) is 22.5. The van der Waals surface area contributed by atoms with Crippen LogP contribution in [0.4, 0.5) is 30.7 Å². The Morgan fingerprint density at radius 1 is 0.871 bits per heavy atom. The van der Waals surface area contributed by atoms with Crippen LogP contribution in [0.1, 0.15) is 6.92 Å². The van der Waals surface area contributed by atoms with Gasteiger partial charge >= 0.3 is 6.18 Å². The van der Waals surface area contributed by atoms with Crippen molar-refractivity contribution in [3.8, 4) is 22.6 Å². The summed E-state index contributed by atoms with van der Waals surface area (Å²) in [5, 5.41) is -1.08. The van der Waals surface area contributed by atoms with E-state index in [9.17, 15) is 30.7 Å². The van der Waals surface area contributed by atoms with Crippen LogP contribution in [0.25, 0.3) is 21.9 Å². The van der Waals surface area contributed by atoms with Gasteiger partial charge in [-0.15, -0.1) is 0 Å². The quantitative estimate of drug-likeness (QED) is 0.302. The summed E-state index contributed by atoms with van der Waals surface area (Å²) < 4.78 is 104. The number of hydrogen-bond donors (Lipinski definition) is 0. The highest BCUT2D eigenvalue weighted by Crippen LogP contribution is 2.36. The van der Waals surface area contributed by atoms with Gasteiger partial charge in [0.15, 0.2) is 24.0 Å². The molecule has 2 nitrogen and oxygen atoms in total. The lowest BCUT2D eigenvalue weighted by molar-refractivity contribution is -0.154. The molecule has 3 aromatic rings. The molecule has 0 saturated heterocycles. The van der Waals surface area contributed by atoms with Crippen LogP contribution in [-0.4, -0.2) is 19.4 Å². The number of rotatable bonds is 6. The summed E-state index contributed by atoms with van der Waals surface area (Å²) in [6, 6.07) is 6.39. The van der Waals surface area contributed by atoms with Crippen LogP contribution in [0.3, 0.4) is 0 Å². The maximum Gasteiger partial charge on any atom is 0.422 e. The van der Waals surface area contributed by atoms with Gasteiger partial charge in [-0.2, -0.15) is 13.2 Å². The van der Waals surface area contributed by atoms with Crippen LogP contribution in [0.2, 0.25) is 0 Å². The zero-order valence-corrected chi connectivity index (χ0v) is 16.0. The Labute approximate surface area is 172 Å². The molecule has 0 N–H and O–H groups in total. The fraction of sp³-hybridized carbons (Fsp3) is 0.182. The summed E-state index contributed by atoms with van der Waals surface area (Å²) in [7, 11) is 0. The van der Waals surface area contributed by atoms with Gasteiger partial charge in [0.2, 0.25) is 0 Å². The molecule has 0 unspecified atom stereocenters. The fourth-order valence-corrected chi connectivity index (χ4v) is 2.90. The number of allylic oxidation sites excluding steroid dienone is 1. The minimum atomic E-state index is -4.84. The number of fused-ring (bicyclic) bond motifs is 1. The van der Waals surface area contributed by atoms with E-state index in [1.807, 2.05) is 0 Å². The molecule has 0 saturated carbocycles. The van der Waals surface area contributed by atoms with E-state index in [1.54, 1.807) is 19.1 Å². The third-order valence-electron chi connectivity index (χ3n) is 4.25. The molecule has 164 valence electrons. The van der Waals surface area contributed by atoms with Crippen LogP contribution in [0.15, 0.2) is 48.6 Å². The highest BCUT2D eigenvalue weighted by atomic mass is 19.4. The largest absolute Gasteiger partial charge is 0.489 e. The van der Waals surface area contributed by atoms with Gasteiger partial charge in [-0.3, -0.25) is 0 Å². The Bertz CT molecular complexity index is 1140. The average Bonchev–Trinajstić information content (AvgIpc) is 2.66. The van der Waals surface area contributed by atoms with Crippen molar-refractivity contribution in [2.45, 2.75) is 13.1 Å². The van der Waals surface area contributed by atoms with E-state index in [-0.39, 0.29) is 28.9 Å². The molecule has 0 amide bonds. The van der Waals surface area contributed by atoms with Gasteiger partial charge in [0.25, 0.3) is 0 Å². The van der Waals surface area contributed by atoms with Gasteiger partial charge < -0.3 is 9.47 Å². The van der Waals surface area contributed by atoms with Crippen molar-refractivity contribution in [3.63, 3.8) is 0 Å². The molecular weight excluding hydrogens is 429 g/mol. The molecule has 0 fully saturated rings. The highest BCUT2D eigenvalue weighted by molar-refractivity contribution is 5.90. The zero-order chi connectivity index (χ0) is 22.8. The predicted octanol–water partition coefficient (Wildman–Crippen LogP) is 6.96. The van der Waals surface area contributed by atoms with E-state index < -0.39 is 47.2 Å². The van der Waals surface area contributed by atoms with Crippen molar-refractivity contribution >= 4 is 10.8 Å². The molecule has 9 heteroatoms. The van der Waals surface area contributed by atoms with Crippen LogP contribution in [0, 0.1) is 23.3 Å². The molecule has 0 aliphatic carbocycles. The minimum Gasteiger partial charge on any atom is -0.489 e. The third-order valence-corrected chi connectivity index (χ3v) is 4.25. The Morgan fingerprint density at radius 3 is 2.26 bits per heavy atom. The smallest absolute Gasteiger partial charge is 0.422 e. The Morgan fingerprint density at radius 2 is 1.61 bits per heavy atom. The molecule has 0 aromatic heterocycles. The molecule has 0 spiro atoms. The molecule has 0 aliphatic rings. The van der Waals surface area contributed by atoms with E-state index in [2.05, 4.69) is 4.74 Å². The molecule has 31 heavy (non-hydrogen) atoms. The Balaban J connectivity index is 2.01. The maximum absolute atomic E-state index is 14.6. The van der Waals surface area contributed by atoms with Crippen LogP contribution < -0.4 is 9.47 Å². The van der Waals surface area contributed by atoms with Gasteiger partial charge in [-0.25, -0.2) is 17.6 Å². The molecule has 0 aliphatic heterocycles. The first-order chi connectivity index (χ1) is 14.6. The van der Waals surface area contributed by atoms with Crippen molar-refractivity contribution in [2.75, 3.05) is 13.2 Å². The fourth-order valence-electron chi connectivity index (χ4n) is 2.90. The summed E-state index contributed by atoms with van der Waals surface area (Å²) >= 11 is 0. The first-order valence-electron chi connectivity index (χ1n) is 8.95. The lowest BCUT2D eigenvalue weighted by Crippen LogP contribution is -2.20. The van der Waals surface area contributed by atoms with Crippen LogP contribution in [0.5, 0.6) is 11.5 Å².